The molecule has 2 unspecified atom stereocenters. The monoisotopic (exact) mass is 544 g/mol. The van der Waals surface area contributed by atoms with E-state index in [0.29, 0.717) is 5.92 Å². The van der Waals surface area contributed by atoms with Gasteiger partial charge in [0, 0.05) is 34.1 Å². The lowest BCUT2D eigenvalue weighted by Gasteiger charge is -2.14. The van der Waals surface area contributed by atoms with E-state index >= 15 is 0 Å². The van der Waals surface area contributed by atoms with Crippen molar-refractivity contribution >= 4 is 17.4 Å². The molecule has 1 aliphatic rings. The van der Waals surface area contributed by atoms with Crippen molar-refractivity contribution in [3.8, 4) is 22.3 Å². The van der Waals surface area contributed by atoms with Gasteiger partial charge in [-0.3, -0.25) is 4.98 Å². The maximum atomic E-state index is 4.59. The fourth-order valence-electron chi connectivity index (χ4n) is 4.73. The Hall–Kier alpha value is -3.82. The predicted molar refractivity (Wildman–Crippen MR) is 176 cm³/mol. The third-order valence-corrected chi connectivity index (χ3v) is 8.10. The van der Waals surface area contributed by atoms with Crippen LogP contribution in [-0.4, -0.2) is 4.98 Å². The van der Waals surface area contributed by atoms with E-state index in [4.69, 9.17) is 0 Å². The molecule has 0 saturated carbocycles. The van der Waals surface area contributed by atoms with Gasteiger partial charge >= 0.3 is 0 Å². The Morgan fingerprint density at radius 3 is 2.33 bits per heavy atom. The Morgan fingerprint density at radius 2 is 1.62 bits per heavy atom. The first-order valence-corrected chi connectivity index (χ1v) is 15.0. The lowest BCUT2D eigenvalue weighted by molar-refractivity contribution is 0.665. The number of pyridine rings is 1. The van der Waals surface area contributed by atoms with Crippen LogP contribution < -0.4 is 5.32 Å². The first-order valence-electron chi connectivity index (χ1n) is 14.1. The van der Waals surface area contributed by atoms with Crippen LogP contribution >= 0.6 is 11.8 Å². The van der Waals surface area contributed by atoms with E-state index in [1.165, 1.54) is 56.8 Å². The Morgan fingerprint density at radius 1 is 0.900 bits per heavy atom. The Labute approximate surface area is 245 Å². The molecule has 0 fully saturated rings. The molecule has 0 radical (unpaired) electrons. The standard InChI is InChI=1S/C29H28N2S.C8H12/c1-3-8-20(2)21-9-6-10-22(15-21)25-17-26(19-30-18-25)23-11-7-12-24(16-23)29-31-27-13-4-5-14-28(27)32-29;1-4-5-6-7-8(2)3/h4-7,9-20,29,31H,3,8H2,1-2H3;4-7H,1H2,2-3H3/b;6-5-. The highest BCUT2D eigenvalue weighted by Gasteiger charge is 2.22. The quantitative estimate of drug-likeness (QED) is 0.223. The molecular weight excluding hydrogens is 504 g/mol. The van der Waals surface area contributed by atoms with Crippen LogP contribution in [0, 0.1) is 0 Å². The minimum absolute atomic E-state index is 0.236. The maximum Gasteiger partial charge on any atom is 0.103 e. The van der Waals surface area contributed by atoms with Gasteiger partial charge in [-0.25, -0.2) is 0 Å². The molecule has 0 saturated heterocycles. The molecule has 1 aromatic heterocycles. The minimum atomic E-state index is 0.236. The first kappa shape index (κ1) is 29.2. The number of hydrogen-bond acceptors (Lipinski definition) is 3. The average molecular weight is 545 g/mol. The van der Waals surface area contributed by atoms with Crippen LogP contribution in [0.4, 0.5) is 5.69 Å². The highest BCUT2D eigenvalue weighted by Crippen LogP contribution is 2.46. The molecule has 1 N–H and O–H groups in total. The van der Waals surface area contributed by atoms with Crippen LogP contribution in [-0.2, 0) is 0 Å². The first-order chi connectivity index (χ1) is 19.5. The molecule has 4 aromatic rings. The van der Waals surface area contributed by atoms with E-state index < -0.39 is 0 Å². The molecule has 2 heterocycles. The highest BCUT2D eigenvalue weighted by molar-refractivity contribution is 8.00. The second-order valence-electron chi connectivity index (χ2n) is 10.4. The average Bonchev–Trinajstić information content (AvgIpc) is 3.43. The summed E-state index contributed by atoms with van der Waals surface area (Å²) in [7, 11) is 0. The van der Waals surface area contributed by atoms with Gasteiger partial charge in [0.2, 0.25) is 0 Å². The van der Waals surface area contributed by atoms with Gasteiger partial charge in [-0.1, -0.05) is 123 Å². The van der Waals surface area contributed by atoms with Crippen molar-refractivity contribution in [2.75, 3.05) is 5.32 Å². The molecule has 204 valence electrons. The maximum absolute atomic E-state index is 4.59. The van der Waals surface area contributed by atoms with E-state index in [2.05, 4.69) is 123 Å². The lowest BCUT2D eigenvalue weighted by atomic mass is 9.93. The molecule has 40 heavy (non-hydrogen) atoms. The summed E-state index contributed by atoms with van der Waals surface area (Å²) in [6.07, 6.45) is 14.1. The summed E-state index contributed by atoms with van der Waals surface area (Å²) >= 11 is 1.87. The third kappa shape index (κ3) is 7.86. The normalized spacial score (nSPS) is 14.4. The number of hydrogen-bond donors (Lipinski definition) is 1. The number of nitrogens with zero attached hydrogens (tertiary/aromatic N) is 1. The molecule has 3 heteroatoms. The molecule has 3 aromatic carbocycles. The van der Waals surface area contributed by atoms with Gasteiger partial charge < -0.3 is 5.32 Å². The molecule has 0 bridgehead atoms. The van der Waals surface area contributed by atoms with Crippen LogP contribution in [0.15, 0.2) is 133 Å². The summed E-state index contributed by atoms with van der Waals surface area (Å²) in [5, 5.41) is 3.88. The Bertz CT molecular complexity index is 1450. The van der Waals surface area contributed by atoms with Crippen LogP contribution in [0.2, 0.25) is 0 Å². The molecule has 1 aliphatic heterocycles. The molecular formula is C37H40N2S. The molecule has 5 rings (SSSR count). The number of thioether (sulfide) groups is 1. The predicted octanol–water partition coefficient (Wildman–Crippen LogP) is 11.2. The summed E-state index contributed by atoms with van der Waals surface area (Å²) < 4.78 is 0. The van der Waals surface area contributed by atoms with Crippen LogP contribution in [0.25, 0.3) is 22.3 Å². The van der Waals surface area contributed by atoms with E-state index in [-0.39, 0.29) is 5.37 Å². The van der Waals surface area contributed by atoms with Gasteiger partial charge in [-0.05, 0) is 72.7 Å². The second kappa shape index (κ2) is 14.5. The van der Waals surface area contributed by atoms with Crippen LogP contribution in [0.1, 0.15) is 63.0 Å². The van der Waals surface area contributed by atoms with Crippen molar-refractivity contribution < 1.29 is 0 Å². The number of fused-ring (bicyclic) bond motifs is 1. The van der Waals surface area contributed by atoms with Gasteiger partial charge in [-0.2, -0.15) is 0 Å². The number of allylic oxidation sites excluding steroid dienone is 5. The van der Waals surface area contributed by atoms with Gasteiger partial charge in [0.15, 0.2) is 0 Å². The topological polar surface area (TPSA) is 24.9 Å². The van der Waals surface area contributed by atoms with Crippen molar-refractivity contribution in [3.63, 3.8) is 0 Å². The minimum Gasteiger partial charge on any atom is -0.368 e. The summed E-state index contributed by atoms with van der Waals surface area (Å²) in [6.45, 7) is 12.2. The number of anilines is 1. The number of benzene rings is 3. The number of rotatable bonds is 8. The lowest BCUT2D eigenvalue weighted by Crippen LogP contribution is -2.01. The van der Waals surface area contributed by atoms with Crippen LogP contribution in [0.3, 0.4) is 0 Å². The van der Waals surface area contributed by atoms with Crippen LogP contribution in [0.5, 0.6) is 0 Å². The van der Waals surface area contributed by atoms with Crippen molar-refractivity contribution in [2.45, 2.75) is 56.7 Å². The largest absolute Gasteiger partial charge is 0.368 e. The number of aromatic nitrogens is 1. The zero-order valence-electron chi connectivity index (χ0n) is 24.1. The fraction of sp³-hybridized carbons (Fsp3) is 0.216. The smallest absolute Gasteiger partial charge is 0.103 e. The SMILES string of the molecule is C=C/C=C\C=C(C)C.CCCC(C)c1cccc(-c2cncc(-c3cccc(C4Nc5ccccc5S4)c3)c2)c1. The van der Waals surface area contributed by atoms with E-state index in [9.17, 15) is 0 Å². The zero-order valence-corrected chi connectivity index (χ0v) is 24.9. The summed E-state index contributed by atoms with van der Waals surface area (Å²) in [5.41, 5.74) is 9.96. The molecule has 0 aliphatic carbocycles. The van der Waals surface area contributed by atoms with Crippen molar-refractivity contribution in [1.82, 2.24) is 4.98 Å². The van der Waals surface area contributed by atoms with Gasteiger partial charge in [0.25, 0.3) is 0 Å². The Kier molecular flexibility index (Phi) is 10.6. The van der Waals surface area contributed by atoms with E-state index in [1.807, 2.05) is 42.4 Å². The molecule has 0 amide bonds. The van der Waals surface area contributed by atoms with E-state index in [0.717, 1.165) is 5.56 Å². The Balaban J connectivity index is 0.000000406. The third-order valence-electron chi connectivity index (χ3n) is 6.87. The highest BCUT2D eigenvalue weighted by atomic mass is 32.2. The summed E-state index contributed by atoms with van der Waals surface area (Å²) in [4.78, 5) is 5.90. The van der Waals surface area contributed by atoms with Gasteiger partial charge in [0.05, 0.1) is 0 Å². The zero-order chi connectivity index (χ0) is 28.3. The van der Waals surface area contributed by atoms with Gasteiger partial charge in [-0.15, -0.1) is 0 Å². The number of nitrogens with one attached hydrogen (secondary N) is 1. The van der Waals surface area contributed by atoms with Crippen molar-refractivity contribution in [1.29, 1.82) is 0 Å². The van der Waals surface area contributed by atoms with Crippen molar-refractivity contribution in [2.24, 2.45) is 0 Å². The summed E-state index contributed by atoms with van der Waals surface area (Å²) in [5.74, 6) is 0.577. The molecule has 0 spiro atoms. The van der Waals surface area contributed by atoms with E-state index in [1.54, 1.807) is 6.08 Å². The molecule has 2 nitrogen and oxygen atoms in total. The van der Waals surface area contributed by atoms with Crippen molar-refractivity contribution in [3.05, 3.63) is 139 Å². The molecule has 2 atom stereocenters. The second-order valence-corrected chi connectivity index (χ2v) is 11.6. The number of para-hydroxylation sites is 1. The van der Waals surface area contributed by atoms with Gasteiger partial charge in [0.1, 0.15) is 5.37 Å². The fourth-order valence-corrected chi connectivity index (χ4v) is 5.86. The summed E-state index contributed by atoms with van der Waals surface area (Å²) in [6, 6.07) is 28.5.